The zero-order valence-electron chi connectivity index (χ0n) is 5.16. The van der Waals surface area contributed by atoms with Gasteiger partial charge in [-0.25, -0.2) is 0 Å². The molecular weight excluding hydrogens is 132 g/mol. The summed E-state index contributed by atoms with van der Waals surface area (Å²) in [5.74, 6) is 0. The van der Waals surface area contributed by atoms with E-state index in [0.29, 0.717) is 5.49 Å². The van der Waals surface area contributed by atoms with Crippen LogP contribution in [0.5, 0.6) is 0 Å². The van der Waals surface area contributed by atoms with E-state index in [4.69, 9.17) is 5.41 Å². The summed E-state index contributed by atoms with van der Waals surface area (Å²) >= 11 is 1.52. The largest absolute Gasteiger partial charge is 0.284 e. The molecule has 1 heterocycles. The van der Waals surface area contributed by atoms with Gasteiger partial charge >= 0.3 is 0 Å². The van der Waals surface area contributed by atoms with Gasteiger partial charge in [0.1, 0.15) is 5.49 Å². The van der Waals surface area contributed by atoms with Gasteiger partial charge in [-0.2, -0.15) is 0 Å². The number of pyridine rings is 1. The Balaban J connectivity index is 3.16. The first-order chi connectivity index (χ1) is 4.34. The highest BCUT2D eigenvalue weighted by Gasteiger charge is 1.82. The monoisotopic (exact) mass is 140 g/mol. The molecule has 0 bridgehead atoms. The van der Waals surface area contributed by atoms with E-state index in [1.807, 2.05) is 24.6 Å². The van der Waals surface area contributed by atoms with Crippen LogP contribution >= 0.6 is 11.9 Å². The van der Waals surface area contributed by atoms with E-state index in [0.717, 1.165) is 0 Å². The van der Waals surface area contributed by atoms with Crippen LogP contribution in [0.2, 0.25) is 0 Å². The molecule has 0 radical (unpaired) electrons. The Morgan fingerprint density at radius 3 is 2.78 bits per heavy atom. The number of hydrogen-bond donors (Lipinski definition) is 1. The van der Waals surface area contributed by atoms with Crippen LogP contribution in [0.4, 0.5) is 0 Å². The molecule has 9 heavy (non-hydrogen) atoms. The molecule has 48 valence electrons. The smallest absolute Gasteiger partial charge is 0.134 e. The maximum absolute atomic E-state index is 7.31. The third-order valence-corrected chi connectivity index (χ3v) is 1.73. The van der Waals surface area contributed by atoms with Crippen molar-refractivity contribution in [3.05, 3.63) is 29.9 Å². The van der Waals surface area contributed by atoms with Crippen molar-refractivity contribution in [2.75, 3.05) is 6.26 Å². The second-order valence-electron chi connectivity index (χ2n) is 1.59. The van der Waals surface area contributed by atoms with Crippen LogP contribution in [0.15, 0.2) is 24.4 Å². The molecule has 0 aliphatic carbocycles. The second kappa shape index (κ2) is 2.73. The molecule has 0 fully saturated rings. The quantitative estimate of drug-likeness (QED) is 0.621. The molecule has 0 saturated carbocycles. The van der Waals surface area contributed by atoms with Crippen LogP contribution in [0.25, 0.3) is 0 Å². The first-order valence-corrected chi connectivity index (χ1v) is 3.79. The van der Waals surface area contributed by atoms with Crippen LogP contribution in [0.1, 0.15) is 0 Å². The summed E-state index contributed by atoms with van der Waals surface area (Å²) in [4.78, 5) is 0. The number of hydrogen-bond acceptors (Lipinski definition) is 2. The number of aromatic nitrogens is 1. The fraction of sp³-hybridized carbons (Fsp3) is 0.167. The lowest BCUT2D eigenvalue weighted by Crippen LogP contribution is -2.11. The SMILES string of the molecule is CSn1ccccc1=N. The van der Waals surface area contributed by atoms with Gasteiger partial charge in [-0.1, -0.05) is 6.07 Å². The standard InChI is InChI=1S/C6H8N2S/c1-9-8-5-3-2-4-6(8)7/h2-5,7H,1H3. The van der Waals surface area contributed by atoms with E-state index >= 15 is 0 Å². The predicted octanol–water partition coefficient (Wildman–Crippen LogP) is 1.09. The molecule has 1 aromatic rings. The van der Waals surface area contributed by atoms with Gasteiger partial charge in [0.05, 0.1) is 0 Å². The molecule has 0 saturated heterocycles. The van der Waals surface area contributed by atoms with Crippen molar-refractivity contribution >= 4 is 11.9 Å². The number of rotatable bonds is 1. The molecular formula is C6H8N2S. The van der Waals surface area contributed by atoms with Crippen LogP contribution in [0.3, 0.4) is 0 Å². The number of nitrogens with one attached hydrogen (secondary N) is 1. The lowest BCUT2D eigenvalue weighted by Gasteiger charge is -1.97. The zero-order valence-corrected chi connectivity index (χ0v) is 5.98. The van der Waals surface area contributed by atoms with Crippen LogP contribution < -0.4 is 5.49 Å². The molecule has 1 rings (SSSR count). The van der Waals surface area contributed by atoms with Crippen molar-refractivity contribution in [2.45, 2.75) is 0 Å². The third-order valence-electron chi connectivity index (χ3n) is 1.02. The summed E-state index contributed by atoms with van der Waals surface area (Å²) in [7, 11) is 0. The summed E-state index contributed by atoms with van der Waals surface area (Å²) in [6, 6.07) is 5.53. The van der Waals surface area contributed by atoms with Gasteiger partial charge in [0.15, 0.2) is 0 Å². The first kappa shape index (κ1) is 6.42. The minimum atomic E-state index is 0.532. The fourth-order valence-corrected chi connectivity index (χ4v) is 1.04. The van der Waals surface area contributed by atoms with Gasteiger partial charge in [-0.3, -0.25) is 9.38 Å². The van der Waals surface area contributed by atoms with E-state index in [-0.39, 0.29) is 0 Å². The Bertz CT molecular complexity index is 241. The molecule has 0 atom stereocenters. The molecule has 2 nitrogen and oxygen atoms in total. The Morgan fingerprint density at radius 2 is 2.33 bits per heavy atom. The van der Waals surface area contributed by atoms with Crippen molar-refractivity contribution in [3.8, 4) is 0 Å². The van der Waals surface area contributed by atoms with Gasteiger partial charge in [0.25, 0.3) is 0 Å². The van der Waals surface area contributed by atoms with Crippen LogP contribution in [-0.2, 0) is 0 Å². The molecule has 0 amide bonds. The average molecular weight is 140 g/mol. The number of nitrogens with zero attached hydrogens (tertiary/aromatic N) is 1. The van der Waals surface area contributed by atoms with E-state index < -0.39 is 0 Å². The van der Waals surface area contributed by atoms with Crippen LogP contribution in [0, 0.1) is 5.41 Å². The Hall–Kier alpha value is -0.700. The fourth-order valence-electron chi connectivity index (χ4n) is 0.588. The minimum Gasteiger partial charge on any atom is -0.284 e. The molecule has 0 spiro atoms. The van der Waals surface area contributed by atoms with E-state index in [2.05, 4.69) is 0 Å². The van der Waals surface area contributed by atoms with Gasteiger partial charge in [-0.05, 0) is 24.1 Å². The molecule has 3 heteroatoms. The summed E-state index contributed by atoms with van der Waals surface area (Å²) in [5.41, 5.74) is 0.532. The normalized spacial score (nSPS) is 9.44. The average Bonchev–Trinajstić information content (AvgIpc) is 1.89. The predicted molar refractivity (Wildman–Crippen MR) is 39.2 cm³/mol. The van der Waals surface area contributed by atoms with E-state index in [1.54, 1.807) is 10.0 Å². The van der Waals surface area contributed by atoms with Gasteiger partial charge in [-0.15, -0.1) is 0 Å². The highest BCUT2D eigenvalue weighted by molar-refractivity contribution is 7.97. The molecule has 0 aromatic carbocycles. The Labute approximate surface area is 58.2 Å². The van der Waals surface area contributed by atoms with Crippen molar-refractivity contribution in [1.29, 1.82) is 5.41 Å². The second-order valence-corrected chi connectivity index (χ2v) is 2.35. The summed E-state index contributed by atoms with van der Waals surface area (Å²) in [6.45, 7) is 0. The third kappa shape index (κ3) is 1.36. The molecule has 1 N–H and O–H groups in total. The Morgan fingerprint density at radius 1 is 1.56 bits per heavy atom. The molecule has 1 aromatic heterocycles. The van der Waals surface area contributed by atoms with E-state index in [9.17, 15) is 0 Å². The maximum atomic E-state index is 7.31. The van der Waals surface area contributed by atoms with Gasteiger partial charge in [0, 0.05) is 12.5 Å². The van der Waals surface area contributed by atoms with Crippen LogP contribution in [-0.4, -0.2) is 10.2 Å². The topological polar surface area (TPSA) is 28.8 Å². The van der Waals surface area contributed by atoms with Crippen molar-refractivity contribution in [2.24, 2.45) is 0 Å². The lowest BCUT2D eigenvalue weighted by molar-refractivity contribution is 1.04. The molecule has 0 unspecified atom stereocenters. The van der Waals surface area contributed by atoms with Gasteiger partial charge in [0.2, 0.25) is 0 Å². The summed E-state index contributed by atoms with van der Waals surface area (Å²) < 4.78 is 1.79. The van der Waals surface area contributed by atoms with Crippen molar-refractivity contribution in [1.82, 2.24) is 3.97 Å². The molecule has 0 aliphatic rings. The van der Waals surface area contributed by atoms with Gasteiger partial charge < -0.3 is 0 Å². The van der Waals surface area contributed by atoms with Crippen molar-refractivity contribution < 1.29 is 0 Å². The molecule has 0 aliphatic heterocycles. The first-order valence-electron chi connectivity index (χ1n) is 2.61. The lowest BCUT2D eigenvalue weighted by atomic mass is 10.5. The summed E-state index contributed by atoms with van der Waals surface area (Å²) in [5, 5.41) is 7.31. The highest BCUT2D eigenvalue weighted by Crippen LogP contribution is 1.92. The highest BCUT2D eigenvalue weighted by atomic mass is 32.2. The Kier molecular flexibility index (Phi) is 1.95. The summed E-state index contributed by atoms with van der Waals surface area (Å²) in [6.07, 6.45) is 3.81. The minimum absolute atomic E-state index is 0.532. The zero-order chi connectivity index (χ0) is 6.69. The van der Waals surface area contributed by atoms with E-state index in [1.165, 1.54) is 11.9 Å². The maximum Gasteiger partial charge on any atom is 0.134 e. The van der Waals surface area contributed by atoms with Crippen molar-refractivity contribution in [3.63, 3.8) is 0 Å².